The van der Waals surface area contributed by atoms with Gasteiger partial charge in [0.15, 0.2) is 5.78 Å². The number of carbonyl (C=O) groups is 1. The van der Waals surface area contributed by atoms with Crippen molar-refractivity contribution >= 4 is 40.5 Å². The van der Waals surface area contributed by atoms with Crippen molar-refractivity contribution in [1.29, 1.82) is 0 Å². The fourth-order valence-electron chi connectivity index (χ4n) is 3.44. The monoisotopic (exact) mass is 466 g/mol. The van der Waals surface area contributed by atoms with Crippen LogP contribution in [0.5, 0.6) is 0 Å². The average Bonchev–Trinajstić information content (AvgIpc) is 2.65. The van der Waals surface area contributed by atoms with E-state index in [1.807, 2.05) is 27.1 Å². The van der Waals surface area contributed by atoms with E-state index in [1.165, 1.54) is 6.07 Å². The predicted octanol–water partition coefficient (Wildman–Crippen LogP) is 5.48. The normalized spacial score (nSPS) is 12.5. The number of alkyl halides is 3. The quantitative estimate of drug-likeness (QED) is 0.371. The zero-order valence-electron chi connectivity index (χ0n) is 18.2. The van der Waals surface area contributed by atoms with Crippen LogP contribution in [0.25, 0.3) is 10.9 Å². The van der Waals surface area contributed by atoms with Crippen LogP contribution in [0.4, 0.5) is 24.5 Å². The number of Topliss-reactive ketones (excluding diaryl/α,β-unsaturated/α-hetero) is 1. The topological polar surface area (TPSA) is 71.2 Å². The summed E-state index contributed by atoms with van der Waals surface area (Å²) in [5, 5.41) is 3.99. The Morgan fingerprint density at radius 1 is 1.16 bits per heavy atom. The van der Waals surface area contributed by atoms with Gasteiger partial charge in [0, 0.05) is 34.1 Å². The highest BCUT2D eigenvalue weighted by atomic mass is 35.5. The number of rotatable bonds is 6. The summed E-state index contributed by atoms with van der Waals surface area (Å²) >= 11 is 0. The zero-order chi connectivity index (χ0) is 22.9. The predicted molar refractivity (Wildman–Crippen MR) is 125 cm³/mol. The highest BCUT2D eigenvalue weighted by Gasteiger charge is 2.31. The van der Waals surface area contributed by atoms with Gasteiger partial charge in [0.05, 0.1) is 17.6 Å². The van der Waals surface area contributed by atoms with Crippen molar-refractivity contribution < 1.29 is 18.0 Å². The van der Waals surface area contributed by atoms with Crippen molar-refractivity contribution in [3.05, 3.63) is 64.8 Å². The number of likely N-dealkylation sites (N-methyl/N-ethyl adjacent to an activating group) is 1. The molecule has 1 atom stereocenters. The third kappa shape index (κ3) is 5.89. The van der Waals surface area contributed by atoms with Crippen LogP contribution in [0.3, 0.4) is 0 Å². The summed E-state index contributed by atoms with van der Waals surface area (Å²) in [6.45, 7) is 3.87. The van der Waals surface area contributed by atoms with E-state index in [9.17, 15) is 18.0 Å². The van der Waals surface area contributed by atoms with Crippen molar-refractivity contribution in [3.63, 3.8) is 0 Å². The third-order valence-corrected chi connectivity index (χ3v) is 4.90. The smallest absolute Gasteiger partial charge is 0.399 e. The first-order valence-corrected chi connectivity index (χ1v) is 9.77. The van der Waals surface area contributed by atoms with Crippen molar-refractivity contribution in [3.8, 4) is 0 Å². The minimum absolute atomic E-state index is 0. The Hall–Kier alpha value is -2.84. The molecule has 5 nitrogen and oxygen atoms in total. The second-order valence-electron chi connectivity index (χ2n) is 7.96. The first-order valence-electron chi connectivity index (χ1n) is 9.77. The largest absolute Gasteiger partial charge is 0.416 e. The maximum absolute atomic E-state index is 13.2. The van der Waals surface area contributed by atoms with E-state index in [2.05, 4.69) is 10.3 Å². The summed E-state index contributed by atoms with van der Waals surface area (Å²) in [6, 6.07) is 10.2. The lowest BCUT2D eigenvalue weighted by Crippen LogP contribution is -2.21. The van der Waals surface area contributed by atoms with Gasteiger partial charge in [-0.15, -0.1) is 12.4 Å². The molecule has 0 aliphatic heterocycles. The molecular formula is C23H26ClF3N4O. The number of fused-ring (bicyclic) bond motifs is 1. The minimum atomic E-state index is -4.48. The molecule has 0 spiro atoms. The molecule has 0 fully saturated rings. The number of nitrogens with two attached hydrogens (primary N) is 1. The SMILES string of the molecule is Cc1cc(NC(C)c2cc(N)cc(C(F)(F)F)c2)c2cc(C(=O)CN(C)C)ccc2n1.Cl. The highest BCUT2D eigenvalue weighted by Crippen LogP contribution is 2.34. The molecule has 1 aromatic heterocycles. The van der Waals surface area contributed by atoms with E-state index in [0.29, 0.717) is 22.3 Å². The van der Waals surface area contributed by atoms with Crippen LogP contribution < -0.4 is 11.1 Å². The number of hydrogen-bond donors (Lipinski definition) is 2. The Labute approximate surface area is 191 Å². The third-order valence-electron chi connectivity index (χ3n) is 4.90. The van der Waals surface area contributed by atoms with E-state index in [0.717, 1.165) is 23.2 Å². The summed E-state index contributed by atoms with van der Waals surface area (Å²) in [5.41, 5.74) is 8.06. The Morgan fingerprint density at radius 3 is 2.47 bits per heavy atom. The summed E-state index contributed by atoms with van der Waals surface area (Å²) in [6.07, 6.45) is -4.48. The number of nitrogens with one attached hydrogen (secondary N) is 1. The zero-order valence-corrected chi connectivity index (χ0v) is 19.1. The van der Waals surface area contributed by atoms with Crippen LogP contribution in [0.2, 0.25) is 0 Å². The molecule has 1 heterocycles. The van der Waals surface area contributed by atoms with Crippen molar-refractivity contribution in [2.75, 3.05) is 31.7 Å². The van der Waals surface area contributed by atoms with Gasteiger partial charge in [0.2, 0.25) is 0 Å². The van der Waals surface area contributed by atoms with Gasteiger partial charge in [-0.25, -0.2) is 0 Å². The molecule has 0 aliphatic rings. The Kier molecular flexibility index (Phi) is 7.74. The summed E-state index contributed by atoms with van der Waals surface area (Å²) in [7, 11) is 3.64. The number of anilines is 2. The van der Waals surface area contributed by atoms with E-state index in [4.69, 9.17) is 5.73 Å². The molecule has 3 aromatic rings. The standard InChI is InChI=1S/C23H25F3N4O.ClH/c1-13-7-21(19-10-15(5-6-20(19)28-13)22(31)12-30(3)4)29-14(2)16-8-17(23(24,25)26)11-18(27)9-16;/h5-11,14H,12,27H2,1-4H3,(H,28,29);1H. The molecular weight excluding hydrogens is 441 g/mol. The number of nitrogen functional groups attached to an aromatic ring is 1. The fourth-order valence-corrected chi connectivity index (χ4v) is 3.44. The van der Waals surface area contributed by atoms with Crippen molar-refractivity contribution in [1.82, 2.24) is 9.88 Å². The molecule has 3 rings (SSSR count). The van der Waals surface area contributed by atoms with Gasteiger partial charge < -0.3 is 16.0 Å². The molecule has 1 unspecified atom stereocenters. The number of carbonyl (C=O) groups excluding carboxylic acids is 1. The van der Waals surface area contributed by atoms with E-state index >= 15 is 0 Å². The van der Waals surface area contributed by atoms with Gasteiger partial charge in [-0.1, -0.05) is 0 Å². The highest BCUT2D eigenvalue weighted by molar-refractivity contribution is 6.03. The summed E-state index contributed by atoms with van der Waals surface area (Å²) < 4.78 is 39.6. The number of pyridine rings is 1. The molecule has 0 amide bonds. The molecule has 0 radical (unpaired) electrons. The maximum Gasteiger partial charge on any atom is 0.416 e. The van der Waals surface area contributed by atoms with Gasteiger partial charge in [0.25, 0.3) is 0 Å². The lowest BCUT2D eigenvalue weighted by Gasteiger charge is -2.20. The lowest BCUT2D eigenvalue weighted by atomic mass is 10.0. The number of nitrogens with zero attached hydrogens (tertiary/aromatic N) is 2. The van der Waals surface area contributed by atoms with Crippen molar-refractivity contribution in [2.45, 2.75) is 26.1 Å². The van der Waals surface area contributed by atoms with Crippen LogP contribution >= 0.6 is 12.4 Å². The van der Waals surface area contributed by atoms with E-state index in [-0.39, 0.29) is 30.4 Å². The number of benzene rings is 2. The number of halogens is 4. The molecule has 0 saturated carbocycles. The van der Waals surface area contributed by atoms with Crippen molar-refractivity contribution in [2.24, 2.45) is 0 Å². The second-order valence-corrected chi connectivity index (χ2v) is 7.96. The molecule has 2 aromatic carbocycles. The Balaban J connectivity index is 0.00000363. The van der Waals surface area contributed by atoms with Gasteiger partial charge in [0.1, 0.15) is 0 Å². The maximum atomic E-state index is 13.2. The van der Waals surface area contributed by atoms with Crippen LogP contribution in [0.1, 0.15) is 40.1 Å². The molecule has 32 heavy (non-hydrogen) atoms. The lowest BCUT2D eigenvalue weighted by molar-refractivity contribution is -0.137. The van der Waals surface area contributed by atoms with Crippen LogP contribution in [-0.4, -0.2) is 36.3 Å². The molecule has 172 valence electrons. The minimum Gasteiger partial charge on any atom is -0.399 e. The summed E-state index contributed by atoms with van der Waals surface area (Å²) in [4.78, 5) is 18.8. The number of aryl methyl sites for hydroxylation is 1. The van der Waals surface area contributed by atoms with Crippen LogP contribution in [0.15, 0.2) is 42.5 Å². The number of ketones is 1. The Morgan fingerprint density at radius 2 is 1.84 bits per heavy atom. The first-order chi connectivity index (χ1) is 14.4. The summed E-state index contributed by atoms with van der Waals surface area (Å²) in [5.74, 6) is -0.0304. The molecule has 3 N–H and O–H groups in total. The average molecular weight is 467 g/mol. The first kappa shape index (κ1) is 25.4. The number of hydrogen-bond acceptors (Lipinski definition) is 5. The van der Waals surface area contributed by atoms with Crippen LogP contribution in [0, 0.1) is 6.92 Å². The van der Waals surface area contributed by atoms with Gasteiger partial charge in [-0.2, -0.15) is 13.2 Å². The van der Waals surface area contributed by atoms with Gasteiger partial charge in [-0.05, 0) is 76.0 Å². The molecule has 0 bridgehead atoms. The molecule has 0 aliphatic carbocycles. The van der Waals surface area contributed by atoms with Gasteiger partial charge >= 0.3 is 6.18 Å². The van der Waals surface area contributed by atoms with Crippen LogP contribution in [-0.2, 0) is 6.18 Å². The number of aromatic nitrogens is 1. The van der Waals surface area contributed by atoms with E-state index in [1.54, 1.807) is 30.0 Å². The van der Waals surface area contributed by atoms with Gasteiger partial charge in [-0.3, -0.25) is 9.78 Å². The fraction of sp³-hybridized carbons (Fsp3) is 0.304. The Bertz CT molecular complexity index is 1130. The second kappa shape index (κ2) is 9.75. The van der Waals surface area contributed by atoms with E-state index < -0.39 is 17.8 Å². The molecule has 9 heteroatoms. The molecule has 0 saturated heterocycles.